The van der Waals surface area contributed by atoms with Gasteiger partial charge in [0.1, 0.15) is 6.23 Å². The van der Waals surface area contributed by atoms with E-state index in [4.69, 9.17) is 4.74 Å². The maximum absolute atomic E-state index is 11.8. The van der Waals surface area contributed by atoms with Gasteiger partial charge in [0.05, 0.1) is 17.8 Å². The van der Waals surface area contributed by atoms with Crippen LogP contribution in [0.2, 0.25) is 0 Å². The first-order valence-electron chi connectivity index (χ1n) is 6.38. The van der Waals surface area contributed by atoms with Crippen molar-refractivity contribution in [1.29, 1.82) is 0 Å². The van der Waals surface area contributed by atoms with Crippen LogP contribution in [0.1, 0.15) is 38.5 Å². The predicted molar refractivity (Wildman–Crippen MR) is 70.9 cm³/mol. The van der Waals surface area contributed by atoms with Crippen molar-refractivity contribution in [2.75, 3.05) is 0 Å². The van der Waals surface area contributed by atoms with Crippen molar-refractivity contribution in [3.8, 4) is 0 Å². The highest BCUT2D eigenvalue weighted by Gasteiger charge is 2.34. The van der Waals surface area contributed by atoms with E-state index >= 15 is 0 Å². The molecule has 0 bridgehead atoms. The molecule has 2 N–H and O–H groups in total. The summed E-state index contributed by atoms with van der Waals surface area (Å²) < 4.78 is 6.96. The molecular weight excluding hydrogens is 248 g/mol. The zero-order chi connectivity index (χ0) is 14.0. The third-order valence-corrected chi connectivity index (χ3v) is 3.26. The fraction of sp³-hybridized carbons (Fsp3) is 0.538. The molecule has 0 saturated carbocycles. The van der Waals surface area contributed by atoms with Crippen LogP contribution in [0, 0.1) is 0 Å². The van der Waals surface area contributed by atoms with Crippen LogP contribution in [0.4, 0.5) is 0 Å². The summed E-state index contributed by atoms with van der Waals surface area (Å²) in [5, 5.41) is 9.81. The molecule has 0 unspecified atom stereocenters. The predicted octanol–water partition coefficient (Wildman–Crippen LogP) is 0.628. The molecule has 2 heterocycles. The molecule has 3 atom stereocenters. The Morgan fingerprint density at radius 2 is 2.32 bits per heavy atom. The van der Waals surface area contributed by atoms with Gasteiger partial charge in [-0.15, -0.1) is 0 Å². The molecule has 19 heavy (non-hydrogen) atoms. The van der Waals surface area contributed by atoms with E-state index in [1.807, 2.05) is 6.92 Å². The molecule has 0 aromatic carbocycles. The van der Waals surface area contributed by atoms with E-state index in [1.165, 1.54) is 10.8 Å². The van der Waals surface area contributed by atoms with E-state index in [1.54, 1.807) is 19.1 Å². The minimum absolute atomic E-state index is 0.269. The summed E-state index contributed by atoms with van der Waals surface area (Å²) in [6.07, 6.45) is 4.45. The molecule has 1 aromatic heterocycles. The zero-order valence-corrected chi connectivity index (χ0v) is 11.0. The lowest BCUT2D eigenvalue weighted by molar-refractivity contribution is -0.0217. The Morgan fingerprint density at radius 1 is 1.58 bits per heavy atom. The summed E-state index contributed by atoms with van der Waals surface area (Å²) in [6.45, 7) is 3.70. The number of hydrogen-bond acceptors (Lipinski definition) is 4. The van der Waals surface area contributed by atoms with Gasteiger partial charge in [-0.3, -0.25) is 14.3 Å². The van der Waals surface area contributed by atoms with Crippen molar-refractivity contribution >= 4 is 6.08 Å². The average Bonchev–Trinajstić information content (AvgIpc) is 2.74. The van der Waals surface area contributed by atoms with E-state index in [0.29, 0.717) is 18.4 Å². The Balaban J connectivity index is 2.38. The quantitative estimate of drug-likeness (QED) is 0.840. The van der Waals surface area contributed by atoms with E-state index in [-0.39, 0.29) is 6.10 Å². The Hall–Kier alpha value is -1.66. The second kappa shape index (κ2) is 5.54. The summed E-state index contributed by atoms with van der Waals surface area (Å²) >= 11 is 0. The normalized spacial score (nSPS) is 27.2. The van der Waals surface area contributed by atoms with Gasteiger partial charge in [0, 0.05) is 12.6 Å². The van der Waals surface area contributed by atoms with Crippen LogP contribution in [0.25, 0.3) is 6.08 Å². The molecule has 1 saturated heterocycles. The Kier molecular flexibility index (Phi) is 4.01. The van der Waals surface area contributed by atoms with Crippen LogP contribution in [-0.2, 0) is 4.74 Å². The van der Waals surface area contributed by atoms with Crippen LogP contribution in [0.3, 0.4) is 0 Å². The van der Waals surface area contributed by atoms with Gasteiger partial charge in [-0.25, -0.2) is 4.79 Å². The minimum Gasteiger partial charge on any atom is -0.390 e. The zero-order valence-electron chi connectivity index (χ0n) is 11.0. The van der Waals surface area contributed by atoms with Gasteiger partial charge in [0.25, 0.3) is 5.56 Å². The van der Waals surface area contributed by atoms with Crippen molar-refractivity contribution in [3.63, 3.8) is 0 Å². The molecule has 0 spiro atoms. The number of hydrogen-bond donors (Lipinski definition) is 2. The number of aromatic nitrogens is 2. The van der Waals surface area contributed by atoms with Gasteiger partial charge in [0.15, 0.2) is 0 Å². The lowest BCUT2D eigenvalue weighted by Gasteiger charge is -2.15. The highest BCUT2D eigenvalue weighted by Crippen LogP contribution is 2.29. The molecule has 6 nitrogen and oxygen atoms in total. The summed E-state index contributed by atoms with van der Waals surface area (Å²) in [5.41, 5.74) is -0.558. The second-order valence-electron chi connectivity index (χ2n) is 4.59. The first kappa shape index (κ1) is 13.8. The lowest BCUT2D eigenvalue weighted by atomic mass is 10.1. The molecule has 104 valence electrons. The molecule has 0 aliphatic carbocycles. The van der Waals surface area contributed by atoms with Gasteiger partial charge in [-0.2, -0.15) is 0 Å². The lowest BCUT2D eigenvalue weighted by Crippen LogP contribution is -2.33. The maximum Gasteiger partial charge on any atom is 0.330 e. The van der Waals surface area contributed by atoms with E-state index in [0.717, 1.165) is 0 Å². The van der Waals surface area contributed by atoms with E-state index in [2.05, 4.69) is 4.98 Å². The number of nitrogens with zero attached hydrogens (tertiary/aromatic N) is 1. The maximum atomic E-state index is 11.8. The molecule has 0 radical (unpaired) electrons. The molecule has 1 fully saturated rings. The second-order valence-corrected chi connectivity index (χ2v) is 4.59. The Bertz CT molecular complexity index is 587. The monoisotopic (exact) mass is 266 g/mol. The smallest absolute Gasteiger partial charge is 0.330 e. The van der Waals surface area contributed by atoms with Crippen LogP contribution < -0.4 is 11.2 Å². The summed E-state index contributed by atoms with van der Waals surface area (Å²) in [5.74, 6) is 0. The number of aliphatic hydroxyl groups excluding tert-OH is 1. The molecule has 2 rings (SSSR count). The van der Waals surface area contributed by atoms with Crippen LogP contribution in [0.15, 0.2) is 21.9 Å². The molecule has 0 amide bonds. The van der Waals surface area contributed by atoms with Gasteiger partial charge in [-0.05, 0) is 13.3 Å². The molecule has 6 heteroatoms. The number of nitrogens with one attached hydrogen (secondary N) is 1. The van der Waals surface area contributed by atoms with Gasteiger partial charge in [0.2, 0.25) is 0 Å². The third kappa shape index (κ3) is 2.69. The summed E-state index contributed by atoms with van der Waals surface area (Å²) in [6, 6.07) is 0. The van der Waals surface area contributed by atoms with Gasteiger partial charge < -0.3 is 9.84 Å². The third-order valence-electron chi connectivity index (χ3n) is 3.26. The molecule has 1 aromatic rings. The van der Waals surface area contributed by atoms with E-state index in [9.17, 15) is 14.7 Å². The number of allylic oxidation sites excluding steroid dienone is 1. The topological polar surface area (TPSA) is 84.3 Å². The summed E-state index contributed by atoms with van der Waals surface area (Å²) in [7, 11) is 0. The van der Waals surface area contributed by atoms with Crippen molar-refractivity contribution in [3.05, 3.63) is 38.7 Å². The average molecular weight is 266 g/mol. The van der Waals surface area contributed by atoms with Crippen molar-refractivity contribution in [1.82, 2.24) is 9.55 Å². The van der Waals surface area contributed by atoms with Crippen LogP contribution in [-0.4, -0.2) is 26.9 Å². The largest absolute Gasteiger partial charge is 0.390 e. The summed E-state index contributed by atoms with van der Waals surface area (Å²) in [4.78, 5) is 25.6. The molecular formula is C13H18N2O4. The highest BCUT2D eigenvalue weighted by molar-refractivity contribution is 5.45. The fourth-order valence-corrected chi connectivity index (χ4v) is 2.27. The molecule has 1 aliphatic rings. The van der Waals surface area contributed by atoms with Crippen LogP contribution >= 0.6 is 0 Å². The van der Waals surface area contributed by atoms with E-state index < -0.39 is 23.6 Å². The van der Waals surface area contributed by atoms with Gasteiger partial charge in [-0.1, -0.05) is 19.1 Å². The number of H-pyrrole nitrogens is 1. The number of rotatable bonds is 3. The van der Waals surface area contributed by atoms with Crippen molar-refractivity contribution < 1.29 is 9.84 Å². The Morgan fingerprint density at radius 3 is 2.89 bits per heavy atom. The first-order valence-corrected chi connectivity index (χ1v) is 6.38. The first-order chi connectivity index (χ1) is 9.06. The SMILES string of the molecule is C/C=C/c1cn([C@H]2C[C@H](O)[C@@H](CC)O2)c(=O)[nH]c1=O. The van der Waals surface area contributed by atoms with Crippen molar-refractivity contribution in [2.45, 2.75) is 45.1 Å². The molecule has 1 aliphatic heterocycles. The fourth-order valence-electron chi connectivity index (χ4n) is 2.27. The number of ether oxygens (including phenoxy) is 1. The highest BCUT2D eigenvalue weighted by atomic mass is 16.5. The number of aromatic amines is 1. The standard InChI is InChI=1S/C13H18N2O4/c1-3-5-8-7-15(13(18)14-12(8)17)11-6-9(16)10(4-2)19-11/h3,5,7,9-11,16H,4,6H2,1-2H3,(H,14,17,18)/b5-3+/t9-,10+,11+/m0/s1. The number of aliphatic hydroxyl groups is 1. The Labute approximate surface area is 110 Å². The van der Waals surface area contributed by atoms with Gasteiger partial charge >= 0.3 is 5.69 Å². The minimum atomic E-state index is -0.584. The van der Waals surface area contributed by atoms with Crippen molar-refractivity contribution in [2.24, 2.45) is 0 Å². The van der Waals surface area contributed by atoms with Crippen LogP contribution in [0.5, 0.6) is 0 Å².